The summed E-state index contributed by atoms with van der Waals surface area (Å²) >= 11 is 0. The summed E-state index contributed by atoms with van der Waals surface area (Å²) in [5, 5.41) is 7.24. The van der Waals surface area contributed by atoms with Crippen LogP contribution in [0.2, 0.25) is 0 Å². The Morgan fingerprint density at radius 2 is 1.96 bits per heavy atom. The van der Waals surface area contributed by atoms with Gasteiger partial charge in [-0.3, -0.25) is 18.8 Å². The Morgan fingerprint density at radius 1 is 1.26 bits per heavy atom. The van der Waals surface area contributed by atoms with Crippen LogP contribution < -0.4 is 15.8 Å². The van der Waals surface area contributed by atoms with Crippen molar-refractivity contribution in [1.82, 2.24) is 19.3 Å². The van der Waals surface area contributed by atoms with Gasteiger partial charge in [-0.1, -0.05) is 0 Å². The molecule has 3 rings (SSSR count). The van der Waals surface area contributed by atoms with E-state index in [0.717, 1.165) is 12.2 Å². The van der Waals surface area contributed by atoms with Gasteiger partial charge in [0.25, 0.3) is 5.56 Å². The molecule has 0 spiro atoms. The monoisotopic (exact) mass is 368 g/mol. The lowest BCUT2D eigenvalue weighted by atomic mass is 10.2. The van der Waals surface area contributed by atoms with E-state index >= 15 is 0 Å². The largest absolute Gasteiger partial charge is 0.369 e. The first-order chi connectivity index (χ1) is 12.9. The first-order valence-corrected chi connectivity index (χ1v) is 8.94. The lowest BCUT2D eigenvalue weighted by Crippen LogP contribution is -2.30. The second-order valence-electron chi connectivity index (χ2n) is 6.66. The topological polar surface area (TPSA) is 85.1 Å². The molecule has 0 aliphatic carbocycles. The number of hydrogen-bond acceptors (Lipinski definition) is 5. The van der Waals surface area contributed by atoms with Gasteiger partial charge >= 0.3 is 0 Å². The molecule has 1 N–H and O–H groups in total. The number of aryl methyl sites for hydroxylation is 1. The number of carbonyl (C=O) groups excluding carboxylic acids is 1. The Balaban J connectivity index is 1.71. The summed E-state index contributed by atoms with van der Waals surface area (Å²) in [7, 11) is 1.72. The average molecular weight is 368 g/mol. The number of nitrogens with one attached hydrogen (secondary N) is 1. The van der Waals surface area contributed by atoms with Crippen LogP contribution in [-0.4, -0.2) is 37.8 Å². The van der Waals surface area contributed by atoms with Gasteiger partial charge in [-0.25, -0.2) is 4.98 Å². The molecule has 27 heavy (non-hydrogen) atoms. The van der Waals surface area contributed by atoms with Crippen LogP contribution in [0.25, 0.3) is 11.0 Å². The fourth-order valence-electron chi connectivity index (χ4n) is 3.12. The number of nitrogens with zero attached hydrogens (tertiary/aromatic N) is 5. The zero-order valence-corrected chi connectivity index (χ0v) is 16.0. The van der Waals surface area contributed by atoms with Crippen molar-refractivity contribution >= 4 is 28.3 Å². The van der Waals surface area contributed by atoms with Gasteiger partial charge in [0, 0.05) is 31.0 Å². The third-order valence-electron chi connectivity index (χ3n) is 4.48. The molecule has 2 heterocycles. The maximum absolute atomic E-state index is 12.4. The van der Waals surface area contributed by atoms with Crippen LogP contribution in [0, 0.1) is 0 Å². The molecule has 0 unspecified atom stereocenters. The van der Waals surface area contributed by atoms with Gasteiger partial charge in [-0.15, -0.1) is 0 Å². The van der Waals surface area contributed by atoms with Crippen molar-refractivity contribution in [2.75, 3.05) is 16.8 Å². The Kier molecular flexibility index (Phi) is 5.25. The number of fused-ring (bicyclic) bond motifs is 1. The highest BCUT2D eigenvalue weighted by atomic mass is 16.2. The first kappa shape index (κ1) is 18.6. The molecule has 3 aromatic rings. The Morgan fingerprint density at radius 3 is 2.59 bits per heavy atom. The van der Waals surface area contributed by atoms with E-state index in [2.05, 4.69) is 41.1 Å². The SMILES string of the molecule is CCN(c1ccc(NC(=O)Cn2cnc3c(cnn3C)c2=O)cc1)C(C)C. The molecule has 142 valence electrons. The summed E-state index contributed by atoms with van der Waals surface area (Å²) in [6, 6.07) is 8.09. The average Bonchev–Trinajstić information content (AvgIpc) is 3.01. The van der Waals surface area contributed by atoms with Gasteiger partial charge < -0.3 is 10.2 Å². The molecule has 0 radical (unpaired) electrons. The van der Waals surface area contributed by atoms with Gasteiger partial charge in [-0.2, -0.15) is 5.10 Å². The minimum Gasteiger partial charge on any atom is -0.369 e. The number of amides is 1. The summed E-state index contributed by atoms with van der Waals surface area (Å²) in [6.07, 6.45) is 2.84. The van der Waals surface area contributed by atoms with Crippen LogP contribution in [0.5, 0.6) is 0 Å². The summed E-state index contributed by atoms with van der Waals surface area (Å²) in [5.41, 5.74) is 2.01. The Bertz CT molecular complexity index is 1000. The van der Waals surface area contributed by atoms with E-state index in [1.807, 2.05) is 24.3 Å². The highest BCUT2D eigenvalue weighted by molar-refractivity contribution is 5.90. The normalized spacial score (nSPS) is 11.1. The molecule has 0 aliphatic rings. The van der Waals surface area contributed by atoms with Crippen LogP contribution >= 0.6 is 0 Å². The number of hydrogen-bond donors (Lipinski definition) is 1. The van der Waals surface area contributed by atoms with Gasteiger partial charge in [-0.05, 0) is 45.0 Å². The summed E-state index contributed by atoms with van der Waals surface area (Å²) in [4.78, 5) is 31.2. The van der Waals surface area contributed by atoms with Crippen LogP contribution in [0.3, 0.4) is 0 Å². The highest BCUT2D eigenvalue weighted by Gasteiger charge is 2.12. The van der Waals surface area contributed by atoms with Crippen molar-refractivity contribution in [2.45, 2.75) is 33.4 Å². The van der Waals surface area contributed by atoms with E-state index in [0.29, 0.717) is 22.8 Å². The number of benzene rings is 1. The van der Waals surface area contributed by atoms with Crippen LogP contribution in [0.15, 0.2) is 41.6 Å². The van der Waals surface area contributed by atoms with Crippen molar-refractivity contribution in [1.29, 1.82) is 0 Å². The van der Waals surface area contributed by atoms with Crippen molar-refractivity contribution in [3.8, 4) is 0 Å². The minimum atomic E-state index is -0.286. The molecular formula is C19H24N6O2. The maximum Gasteiger partial charge on any atom is 0.264 e. The fourth-order valence-corrected chi connectivity index (χ4v) is 3.12. The Hall–Kier alpha value is -3.16. The molecule has 0 saturated heterocycles. The maximum atomic E-state index is 12.4. The third kappa shape index (κ3) is 3.84. The highest BCUT2D eigenvalue weighted by Crippen LogP contribution is 2.19. The van der Waals surface area contributed by atoms with Gasteiger partial charge in [0.1, 0.15) is 18.3 Å². The van der Waals surface area contributed by atoms with Crippen molar-refractivity contribution in [3.05, 3.63) is 47.1 Å². The second kappa shape index (κ2) is 7.61. The summed E-state index contributed by atoms with van der Waals surface area (Å²) < 4.78 is 2.81. The molecule has 0 aliphatic heterocycles. The van der Waals surface area contributed by atoms with Crippen LogP contribution in [0.1, 0.15) is 20.8 Å². The van der Waals surface area contributed by atoms with E-state index in [4.69, 9.17) is 0 Å². The summed E-state index contributed by atoms with van der Waals surface area (Å²) in [6.45, 7) is 7.20. The number of aromatic nitrogens is 4. The van der Waals surface area contributed by atoms with Crippen LogP contribution in [-0.2, 0) is 18.4 Å². The quantitative estimate of drug-likeness (QED) is 0.719. The lowest BCUT2D eigenvalue weighted by Gasteiger charge is -2.27. The molecule has 0 atom stereocenters. The van der Waals surface area contributed by atoms with E-state index in [1.54, 1.807) is 7.05 Å². The predicted octanol–water partition coefficient (Wildman–Crippen LogP) is 2.00. The zero-order chi connectivity index (χ0) is 19.6. The molecule has 0 fully saturated rings. The molecule has 8 nitrogen and oxygen atoms in total. The smallest absolute Gasteiger partial charge is 0.264 e. The molecule has 0 saturated carbocycles. The standard InChI is InChI=1S/C19H24N6O2/c1-5-25(13(2)3)15-8-6-14(7-9-15)22-17(26)11-24-12-20-18-16(19(24)27)10-21-23(18)4/h6-10,12-13H,5,11H2,1-4H3,(H,22,26). The number of anilines is 2. The van der Waals surface area contributed by atoms with Gasteiger partial charge in [0.15, 0.2) is 5.65 Å². The molecule has 2 aromatic heterocycles. The number of carbonyl (C=O) groups is 1. The minimum absolute atomic E-state index is 0.106. The summed E-state index contributed by atoms with van der Waals surface area (Å²) in [5.74, 6) is -0.286. The fraction of sp³-hybridized carbons (Fsp3) is 0.368. The lowest BCUT2D eigenvalue weighted by molar-refractivity contribution is -0.116. The van der Waals surface area contributed by atoms with Crippen LogP contribution in [0.4, 0.5) is 11.4 Å². The first-order valence-electron chi connectivity index (χ1n) is 8.94. The van der Waals surface area contributed by atoms with Crippen molar-refractivity contribution in [2.24, 2.45) is 7.05 Å². The van der Waals surface area contributed by atoms with E-state index in [9.17, 15) is 9.59 Å². The third-order valence-corrected chi connectivity index (χ3v) is 4.48. The van der Waals surface area contributed by atoms with E-state index in [1.165, 1.54) is 21.8 Å². The molecule has 1 amide bonds. The van der Waals surface area contributed by atoms with Crippen molar-refractivity contribution < 1.29 is 4.79 Å². The predicted molar refractivity (Wildman–Crippen MR) is 106 cm³/mol. The van der Waals surface area contributed by atoms with E-state index < -0.39 is 0 Å². The molecular weight excluding hydrogens is 344 g/mol. The second-order valence-corrected chi connectivity index (χ2v) is 6.66. The van der Waals surface area contributed by atoms with E-state index in [-0.39, 0.29) is 18.0 Å². The van der Waals surface area contributed by atoms with Gasteiger partial charge in [0.05, 0.1) is 6.20 Å². The number of rotatable bonds is 6. The van der Waals surface area contributed by atoms with Crippen molar-refractivity contribution in [3.63, 3.8) is 0 Å². The Labute approximate surface area is 157 Å². The molecule has 8 heteroatoms. The van der Waals surface area contributed by atoms with Gasteiger partial charge in [0.2, 0.25) is 5.91 Å². The zero-order valence-electron chi connectivity index (χ0n) is 16.0. The molecule has 0 bridgehead atoms. The molecule has 1 aromatic carbocycles.